The van der Waals surface area contributed by atoms with Gasteiger partial charge in [-0.1, -0.05) is 6.08 Å². The minimum absolute atomic E-state index is 0.355. The topological polar surface area (TPSA) is 28.4 Å². The van der Waals surface area contributed by atoms with Gasteiger partial charge in [-0.25, -0.2) is 0 Å². The van der Waals surface area contributed by atoms with Crippen molar-refractivity contribution in [2.75, 3.05) is 26.2 Å². The Hall–Kier alpha value is -1.06. The van der Waals surface area contributed by atoms with Crippen LogP contribution in [0.1, 0.15) is 24.0 Å². The van der Waals surface area contributed by atoms with Gasteiger partial charge in [0.2, 0.25) is 0 Å². The molecule has 1 fully saturated rings. The van der Waals surface area contributed by atoms with Crippen molar-refractivity contribution in [2.45, 2.75) is 19.4 Å². The lowest BCUT2D eigenvalue weighted by Gasteiger charge is -2.33. The molecule has 1 atom stereocenters. The van der Waals surface area contributed by atoms with Gasteiger partial charge in [0.1, 0.15) is 11.5 Å². The molecular weight excluding hydrogens is 200 g/mol. The molecule has 1 aromatic heterocycles. The van der Waals surface area contributed by atoms with Crippen LogP contribution in [-0.4, -0.2) is 31.1 Å². The van der Waals surface area contributed by atoms with Crippen LogP contribution in [0.4, 0.5) is 0 Å². The standard InChI is InChI=1S/C13H20N2O/c1-3-4-12(13-6-5-11(2)16-13)15-9-7-14-8-10-15/h3,5-6,12,14H,1,4,7-10H2,2H3/t12-/m0/s1. The lowest BCUT2D eigenvalue weighted by molar-refractivity contribution is 0.154. The summed E-state index contributed by atoms with van der Waals surface area (Å²) in [7, 11) is 0. The second-order valence-electron chi connectivity index (χ2n) is 4.27. The van der Waals surface area contributed by atoms with Crippen LogP contribution >= 0.6 is 0 Å². The highest BCUT2D eigenvalue weighted by molar-refractivity contribution is 5.11. The zero-order valence-electron chi connectivity index (χ0n) is 9.91. The van der Waals surface area contributed by atoms with Gasteiger partial charge in [-0.15, -0.1) is 6.58 Å². The zero-order valence-corrected chi connectivity index (χ0v) is 9.91. The zero-order chi connectivity index (χ0) is 11.4. The maximum atomic E-state index is 5.74. The van der Waals surface area contributed by atoms with E-state index >= 15 is 0 Å². The average Bonchev–Trinajstić information content (AvgIpc) is 2.74. The number of rotatable bonds is 4. The van der Waals surface area contributed by atoms with Crippen molar-refractivity contribution >= 4 is 0 Å². The average molecular weight is 220 g/mol. The van der Waals surface area contributed by atoms with Crippen molar-refractivity contribution in [2.24, 2.45) is 0 Å². The van der Waals surface area contributed by atoms with Crippen LogP contribution < -0.4 is 5.32 Å². The third kappa shape index (κ3) is 2.54. The lowest BCUT2D eigenvalue weighted by atomic mass is 10.1. The van der Waals surface area contributed by atoms with E-state index in [9.17, 15) is 0 Å². The Morgan fingerprint density at radius 1 is 1.50 bits per heavy atom. The first kappa shape index (κ1) is 11.4. The first-order valence-corrected chi connectivity index (χ1v) is 5.93. The fourth-order valence-electron chi connectivity index (χ4n) is 2.23. The molecule has 0 spiro atoms. The fraction of sp³-hybridized carbons (Fsp3) is 0.538. The monoisotopic (exact) mass is 220 g/mol. The molecule has 2 heterocycles. The minimum Gasteiger partial charge on any atom is -0.465 e. The molecule has 0 unspecified atom stereocenters. The summed E-state index contributed by atoms with van der Waals surface area (Å²) in [6.07, 6.45) is 2.93. The van der Waals surface area contributed by atoms with E-state index < -0.39 is 0 Å². The number of hydrogen-bond acceptors (Lipinski definition) is 3. The molecule has 16 heavy (non-hydrogen) atoms. The Balaban J connectivity index is 2.12. The highest BCUT2D eigenvalue weighted by Crippen LogP contribution is 2.26. The van der Waals surface area contributed by atoms with Crippen LogP contribution in [0, 0.1) is 6.92 Å². The van der Waals surface area contributed by atoms with Crippen molar-refractivity contribution < 1.29 is 4.42 Å². The molecule has 1 aliphatic rings. The molecular formula is C13H20N2O. The molecule has 0 bridgehead atoms. The summed E-state index contributed by atoms with van der Waals surface area (Å²) in [6, 6.07) is 4.48. The molecule has 0 aliphatic carbocycles. The smallest absolute Gasteiger partial charge is 0.121 e. The summed E-state index contributed by atoms with van der Waals surface area (Å²) in [6.45, 7) is 10.1. The number of hydrogen-bond donors (Lipinski definition) is 1. The van der Waals surface area contributed by atoms with Gasteiger partial charge in [0, 0.05) is 26.2 Å². The molecule has 0 aromatic carbocycles. The third-order valence-corrected chi connectivity index (χ3v) is 3.07. The van der Waals surface area contributed by atoms with Crippen LogP contribution in [0.5, 0.6) is 0 Å². The molecule has 1 aromatic rings. The van der Waals surface area contributed by atoms with Crippen LogP contribution in [-0.2, 0) is 0 Å². The summed E-state index contributed by atoms with van der Waals surface area (Å²) >= 11 is 0. The van der Waals surface area contributed by atoms with E-state index in [0.717, 1.165) is 44.1 Å². The van der Waals surface area contributed by atoms with Gasteiger partial charge in [0.05, 0.1) is 6.04 Å². The number of nitrogens with one attached hydrogen (secondary N) is 1. The minimum atomic E-state index is 0.355. The van der Waals surface area contributed by atoms with E-state index in [1.165, 1.54) is 0 Å². The van der Waals surface area contributed by atoms with Gasteiger partial charge in [0.25, 0.3) is 0 Å². The van der Waals surface area contributed by atoms with Crippen LogP contribution in [0.25, 0.3) is 0 Å². The summed E-state index contributed by atoms with van der Waals surface area (Å²) in [4.78, 5) is 2.47. The Morgan fingerprint density at radius 3 is 2.81 bits per heavy atom. The maximum absolute atomic E-state index is 5.74. The van der Waals surface area contributed by atoms with Gasteiger partial charge in [-0.05, 0) is 25.5 Å². The maximum Gasteiger partial charge on any atom is 0.121 e. The molecule has 0 saturated carbocycles. The lowest BCUT2D eigenvalue weighted by Crippen LogP contribution is -2.45. The summed E-state index contributed by atoms with van der Waals surface area (Å²) < 4.78 is 5.74. The Labute approximate surface area is 97.1 Å². The van der Waals surface area contributed by atoms with Crippen molar-refractivity contribution in [3.8, 4) is 0 Å². The van der Waals surface area contributed by atoms with Crippen LogP contribution in [0.2, 0.25) is 0 Å². The first-order valence-electron chi connectivity index (χ1n) is 5.93. The van der Waals surface area contributed by atoms with Crippen molar-refractivity contribution in [1.29, 1.82) is 0 Å². The van der Waals surface area contributed by atoms with Crippen molar-refractivity contribution in [1.82, 2.24) is 10.2 Å². The number of aryl methyl sites for hydroxylation is 1. The van der Waals surface area contributed by atoms with E-state index in [-0.39, 0.29) is 0 Å². The van der Waals surface area contributed by atoms with Gasteiger partial charge in [0.15, 0.2) is 0 Å². The highest BCUT2D eigenvalue weighted by Gasteiger charge is 2.23. The van der Waals surface area contributed by atoms with Crippen molar-refractivity contribution in [3.63, 3.8) is 0 Å². The largest absolute Gasteiger partial charge is 0.465 e. The summed E-state index contributed by atoms with van der Waals surface area (Å²) in [5.74, 6) is 2.05. The molecule has 88 valence electrons. The van der Waals surface area contributed by atoms with E-state index in [0.29, 0.717) is 6.04 Å². The molecule has 0 amide bonds. The molecule has 2 rings (SSSR count). The van der Waals surface area contributed by atoms with Crippen LogP contribution in [0.3, 0.4) is 0 Å². The molecule has 3 heteroatoms. The molecule has 0 radical (unpaired) electrons. The Morgan fingerprint density at radius 2 is 2.25 bits per heavy atom. The third-order valence-electron chi connectivity index (χ3n) is 3.07. The molecule has 1 aliphatic heterocycles. The molecule has 1 saturated heterocycles. The quantitative estimate of drug-likeness (QED) is 0.788. The van der Waals surface area contributed by atoms with E-state index in [2.05, 4.69) is 22.9 Å². The van der Waals surface area contributed by atoms with E-state index in [4.69, 9.17) is 4.42 Å². The normalized spacial score (nSPS) is 19.6. The SMILES string of the molecule is C=CC[C@@H](c1ccc(C)o1)N1CCNCC1. The highest BCUT2D eigenvalue weighted by atomic mass is 16.3. The van der Waals surface area contributed by atoms with E-state index in [1.54, 1.807) is 0 Å². The number of piperazine rings is 1. The second kappa shape index (κ2) is 5.32. The summed E-state index contributed by atoms with van der Waals surface area (Å²) in [5.41, 5.74) is 0. The number of nitrogens with zero attached hydrogens (tertiary/aromatic N) is 1. The predicted molar refractivity (Wildman–Crippen MR) is 65.4 cm³/mol. The van der Waals surface area contributed by atoms with Gasteiger partial charge < -0.3 is 9.73 Å². The Kier molecular flexibility index (Phi) is 3.80. The second-order valence-corrected chi connectivity index (χ2v) is 4.27. The first-order chi connectivity index (χ1) is 7.81. The fourth-order valence-corrected chi connectivity index (χ4v) is 2.23. The van der Waals surface area contributed by atoms with Gasteiger partial charge in [-0.3, -0.25) is 4.90 Å². The number of furan rings is 1. The van der Waals surface area contributed by atoms with E-state index in [1.807, 2.05) is 19.1 Å². The van der Waals surface area contributed by atoms with Crippen molar-refractivity contribution in [3.05, 3.63) is 36.3 Å². The van der Waals surface area contributed by atoms with Gasteiger partial charge in [-0.2, -0.15) is 0 Å². The predicted octanol–water partition coefficient (Wildman–Crippen LogP) is 2.11. The van der Waals surface area contributed by atoms with Crippen LogP contribution in [0.15, 0.2) is 29.2 Å². The molecule has 3 nitrogen and oxygen atoms in total. The molecule has 1 N–H and O–H groups in total. The summed E-state index contributed by atoms with van der Waals surface area (Å²) in [5, 5.41) is 3.37. The Bertz CT molecular complexity index is 339. The van der Waals surface area contributed by atoms with Gasteiger partial charge >= 0.3 is 0 Å².